The maximum absolute atomic E-state index is 5.85. The Hall–Kier alpha value is -1.04. The monoisotopic (exact) mass is 249 g/mol. The third kappa shape index (κ3) is 2.02. The van der Waals surface area contributed by atoms with Gasteiger partial charge in [-0.1, -0.05) is 0 Å². The van der Waals surface area contributed by atoms with Gasteiger partial charge in [0.05, 0.1) is 18.6 Å². The first-order valence-electron chi connectivity index (χ1n) is 6.53. The highest BCUT2D eigenvalue weighted by atomic mass is 16.5. The van der Waals surface area contributed by atoms with Gasteiger partial charge in [-0.25, -0.2) is 9.97 Å². The second-order valence-electron chi connectivity index (χ2n) is 5.17. The minimum Gasteiger partial charge on any atom is -0.381 e. The molecule has 2 aliphatic rings. The summed E-state index contributed by atoms with van der Waals surface area (Å²) in [4.78, 5) is 9.13. The normalized spacial score (nSPS) is 23.6. The molecule has 5 nitrogen and oxygen atoms in total. The minimum atomic E-state index is -0.152. The van der Waals surface area contributed by atoms with E-state index in [2.05, 4.69) is 4.98 Å². The molecule has 1 aromatic rings. The summed E-state index contributed by atoms with van der Waals surface area (Å²) in [7, 11) is 0. The van der Waals surface area contributed by atoms with Crippen molar-refractivity contribution in [3.63, 3.8) is 0 Å². The molecule has 3 rings (SSSR count). The van der Waals surface area contributed by atoms with Crippen LogP contribution in [0.2, 0.25) is 0 Å². The molecule has 0 unspecified atom stereocenters. The second kappa shape index (κ2) is 4.91. The lowest BCUT2D eigenvalue weighted by Gasteiger charge is -2.39. The SMILES string of the molecule is NCC1(c2nccc(C3CCOCC3)n2)COC1. The molecule has 98 valence electrons. The van der Waals surface area contributed by atoms with Crippen molar-refractivity contribution in [2.75, 3.05) is 33.0 Å². The van der Waals surface area contributed by atoms with Gasteiger partial charge >= 0.3 is 0 Å². The van der Waals surface area contributed by atoms with E-state index in [1.54, 1.807) is 0 Å². The number of nitrogens with two attached hydrogens (primary N) is 1. The Morgan fingerprint density at radius 2 is 2.06 bits per heavy atom. The first-order valence-corrected chi connectivity index (χ1v) is 6.53. The largest absolute Gasteiger partial charge is 0.381 e. The third-order valence-corrected chi connectivity index (χ3v) is 3.94. The van der Waals surface area contributed by atoms with Crippen molar-refractivity contribution >= 4 is 0 Å². The Morgan fingerprint density at radius 1 is 1.28 bits per heavy atom. The fourth-order valence-electron chi connectivity index (χ4n) is 2.54. The highest BCUT2D eigenvalue weighted by Crippen LogP contribution is 2.31. The molecule has 18 heavy (non-hydrogen) atoms. The number of rotatable bonds is 3. The quantitative estimate of drug-likeness (QED) is 0.849. The van der Waals surface area contributed by atoms with Gasteiger partial charge in [-0.05, 0) is 18.9 Å². The van der Waals surface area contributed by atoms with Crippen LogP contribution < -0.4 is 5.73 Å². The lowest BCUT2D eigenvalue weighted by Crippen LogP contribution is -2.53. The number of ether oxygens (including phenoxy) is 2. The predicted octanol–water partition coefficient (Wildman–Crippen LogP) is 0.597. The number of nitrogens with zero attached hydrogens (tertiary/aromatic N) is 2. The van der Waals surface area contributed by atoms with E-state index >= 15 is 0 Å². The summed E-state index contributed by atoms with van der Waals surface area (Å²) in [6, 6.07) is 2.02. The van der Waals surface area contributed by atoms with Gasteiger partial charge in [-0.3, -0.25) is 0 Å². The van der Waals surface area contributed by atoms with Gasteiger partial charge in [-0.15, -0.1) is 0 Å². The summed E-state index contributed by atoms with van der Waals surface area (Å²) in [6.45, 7) is 3.48. The van der Waals surface area contributed by atoms with Crippen LogP contribution in [-0.4, -0.2) is 42.9 Å². The summed E-state index contributed by atoms with van der Waals surface area (Å²) < 4.78 is 10.7. The van der Waals surface area contributed by atoms with Gasteiger partial charge in [-0.2, -0.15) is 0 Å². The fourth-order valence-corrected chi connectivity index (χ4v) is 2.54. The van der Waals surface area contributed by atoms with Crippen LogP contribution in [0.25, 0.3) is 0 Å². The minimum absolute atomic E-state index is 0.152. The summed E-state index contributed by atoms with van der Waals surface area (Å²) in [5.74, 6) is 1.34. The Bertz CT molecular complexity index is 409. The molecule has 0 aromatic carbocycles. The van der Waals surface area contributed by atoms with Crippen LogP contribution in [0.1, 0.15) is 30.3 Å². The maximum Gasteiger partial charge on any atom is 0.140 e. The summed E-state index contributed by atoms with van der Waals surface area (Å²) >= 11 is 0. The molecular formula is C13H19N3O2. The van der Waals surface area contributed by atoms with Crippen LogP contribution in [0, 0.1) is 0 Å². The van der Waals surface area contributed by atoms with Crippen LogP contribution >= 0.6 is 0 Å². The number of hydrogen-bond donors (Lipinski definition) is 1. The van der Waals surface area contributed by atoms with Crippen molar-refractivity contribution < 1.29 is 9.47 Å². The molecule has 0 radical (unpaired) electrons. The van der Waals surface area contributed by atoms with Crippen molar-refractivity contribution in [3.8, 4) is 0 Å². The number of aromatic nitrogens is 2. The van der Waals surface area contributed by atoms with Crippen LogP contribution in [-0.2, 0) is 14.9 Å². The lowest BCUT2D eigenvalue weighted by atomic mass is 9.84. The van der Waals surface area contributed by atoms with E-state index in [1.807, 2.05) is 12.3 Å². The Balaban J connectivity index is 1.84. The molecule has 2 saturated heterocycles. The van der Waals surface area contributed by atoms with E-state index in [9.17, 15) is 0 Å². The van der Waals surface area contributed by atoms with Crippen molar-refractivity contribution in [3.05, 3.63) is 23.8 Å². The molecule has 0 spiro atoms. The van der Waals surface area contributed by atoms with E-state index in [4.69, 9.17) is 20.2 Å². The summed E-state index contributed by atoms with van der Waals surface area (Å²) in [5, 5.41) is 0. The zero-order valence-corrected chi connectivity index (χ0v) is 10.5. The van der Waals surface area contributed by atoms with E-state index in [0.29, 0.717) is 25.7 Å². The second-order valence-corrected chi connectivity index (χ2v) is 5.17. The number of hydrogen-bond acceptors (Lipinski definition) is 5. The molecule has 0 bridgehead atoms. The van der Waals surface area contributed by atoms with Crippen LogP contribution in [0.5, 0.6) is 0 Å². The van der Waals surface area contributed by atoms with Crippen molar-refractivity contribution in [1.82, 2.24) is 9.97 Å². The van der Waals surface area contributed by atoms with E-state index in [0.717, 1.165) is 37.6 Å². The average Bonchev–Trinajstić information content (AvgIpc) is 2.40. The van der Waals surface area contributed by atoms with Crippen LogP contribution in [0.3, 0.4) is 0 Å². The van der Waals surface area contributed by atoms with E-state index in [-0.39, 0.29) is 5.41 Å². The van der Waals surface area contributed by atoms with Crippen LogP contribution in [0.4, 0.5) is 0 Å². The summed E-state index contributed by atoms with van der Waals surface area (Å²) in [5.41, 5.74) is 6.83. The van der Waals surface area contributed by atoms with Gasteiger partial charge < -0.3 is 15.2 Å². The molecule has 0 amide bonds. The molecule has 0 aliphatic carbocycles. The zero-order chi connectivity index (χ0) is 12.4. The van der Waals surface area contributed by atoms with Gasteiger partial charge in [0.25, 0.3) is 0 Å². The van der Waals surface area contributed by atoms with Gasteiger partial charge in [0.2, 0.25) is 0 Å². The fraction of sp³-hybridized carbons (Fsp3) is 0.692. The molecule has 0 saturated carbocycles. The Kier molecular flexibility index (Phi) is 3.28. The van der Waals surface area contributed by atoms with Crippen LogP contribution in [0.15, 0.2) is 12.3 Å². The Labute approximate surface area is 107 Å². The smallest absolute Gasteiger partial charge is 0.140 e. The third-order valence-electron chi connectivity index (χ3n) is 3.94. The topological polar surface area (TPSA) is 70.3 Å². The molecule has 2 aliphatic heterocycles. The van der Waals surface area contributed by atoms with E-state index in [1.165, 1.54) is 0 Å². The zero-order valence-electron chi connectivity index (χ0n) is 10.5. The van der Waals surface area contributed by atoms with E-state index < -0.39 is 0 Å². The molecule has 2 fully saturated rings. The first kappa shape index (κ1) is 12.0. The molecule has 5 heteroatoms. The summed E-state index contributed by atoms with van der Waals surface area (Å²) in [6.07, 6.45) is 3.94. The highest BCUT2D eigenvalue weighted by Gasteiger charge is 2.42. The molecule has 2 N–H and O–H groups in total. The van der Waals surface area contributed by atoms with Crippen molar-refractivity contribution in [1.29, 1.82) is 0 Å². The van der Waals surface area contributed by atoms with Gasteiger partial charge in [0.15, 0.2) is 0 Å². The molecule has 3 heterocycles. The van der Waals surface area contributed by atoms with Crippen molar-refractivity contribution in [2.45, 2.75) is 24.2 Å². The molecule has 0 atom stereocenters. The highest BCUT2D eigenvalue weighted by molar-refractivity contribution is 5.18. The first-order chi connectivity index (χ1) is 8.84. The lowest BCUT2D eigenvalue weighted by molar-refractivity contribution is -0.0595. The maximum atomic E-state index is 5.85. The Morgan fingerprint density at radius 3 is 2.67 bits per heavy atom. The molecular weight excluding hydrogens is 230 g/mol. The average molecular weight is 249 g/mol. The van der Waals surface area contributed by atoms with Gasteiger partial charge in [0, 0.05) is 37.6 Å². The van der Waals surface area contributed by atoms with Crippen molar-refractivity contribution in [2.24, 2.45) is 5.73 Å². The van der Waals surface area contributed by atoms with Gasteiger partial charge in [0.1, 0.15) is 5.82 Å². The standard InChI is InChI=1S/C13H19N3O2/c14-7-13(8-18-9-13)12-15-4-1-11(16-12)10-2-5-17-6-3-10/h1,4,10H,2-3,5-9,14H2. The molecule has 1 aromatic heterocycles. The predicted molar refractivity (Wildman–Crippen MR) is 66.4 cm³/mol.